The molecule has 2 rings (SSSR count). The highest BCUT2D eigenvalue weighted by Crippen LogP contribution is 2.14. The Labute approximate surface area is 95.4 Å². The summed E-state index contributed by atoms with van der Waals surface area (Å²) in [6.07, 6.45) is 1.74. The third kappa shape index (κ3) is 2.80. The maximum atomic E-state index is 9.55. The Balaban J connectivity index is 1.92. The van der Waals surface area contributed by atoms with Crippen LogP contribution in [0.15, 0.2) is 4.52 Å². The van der Waals surface area contributed by atoms with Crippen LogP contribution in [0.2, 0.25) is 0 Å². The molecule has 5 nitrogen and oxygen atoms in total. The number of rotatable bonds is 3. The number of β-amino-alcohol motifs (C(OH)–C–C–N with tert-alkyl or cyclic N) is 1. The molecule has 0 aliphatic carbocycles. The van der Waals surface area contributed by atoms with Crippen molar-refractivity contribution in [2.24, 2.45) is 0 Å². The zero-order valence-electron chi connectivity index (χ0n) is 9.89. The average molecular weight is 225 g/mol. The van der Waals surface area contributed by atoms with E-state index in [9.17, 15) is 5.11 Å². The molecular formula is C11H19N3O2. The van der Waals surface area contributed by atoms with Gasteiger partial charge in [0, 0.05) is 12.5 Å². The minimum absolute atomic E-state index is 0.203. The lowest BCUT2D eigenvalue weighted by Gasteiger charge is -2.28. The maximum Gasteiger partial charge on any atom is 0.229 e. The Kier molecular flexibility index (Phi) is 3.56. The molecule has 1 saturated heterocycles. The van der Waals surface area contributed by atoms with Crippen molar-refractivity contribution in [2.75, 3.05) is 13.1 Å². The van der Waals surface area contributed by atoms with E-state index < -0.39 is 0 Å². The fraction of sp³-hybridized carbons (Fsp3) is 0.818. The molecular weight excluding hydrogens is 206 g/mol. The van der Waals surface area contributed by atoms with Gasteiger partial charge < -0.3 is 9.63 Å². The van der Waals surface area contributed by atoms with Gasteiger partial charge in [0.1, 0.15) is 0 Å². The van der Waals surface area contributed by atoms with Crippen LogP contribution in [0, 0.1) is 0 Å². The molecule has 1 unspecified atom stereocenters. The van der Waals surface area contributed by atoms with Crippen LogP contribution in [0.4, 0.5) is 0 Å². The third-order valence-electron chi connectivity index (χ3n) is 2.82. The summed E-state index contributed by atoms with van der Waals surface area (Å²) < 4.78 is 5.14. The summed E-state index contributed by atoms with van der Waals surface area (Å²) in [7, 11) is 0. The van der Waals surface area contributed by atoms with Gasteiger partial charge >= 0.3 is 0 Å². The van der Waals surface area contributed by atoms with E-state index in [0.717, 1.165) is 25.2 Å². The number of aromatic nitrogens is 2. The fourth-order valence-electron chi connectivity index (χ4n) is 1.94. The molecule has 0 aromatic carbocycles. The molecule has 0 saturated carbocycles. The van der Waals surface area contributed by atoms with Gasteiger partial charge in [0.2, 0.25) is 5.89 Å². The smallest absolute Gasteiger partial charge is 0.229 e. The average Bonchev–Trinajstić information content (AvgIpc) is 2.66. The highest BCUT2D eigenvalue weighted by molar-refractivity contribution is 4.91. The van der Waals surface area contributed by atoms with E-state index in [1.54, 1.807) is 0 Å². The number of aliphatic hydroxyl groups excluding tert-OH is 1. The molecule has 1 N–H and O–H groups in total. The van der Waals surface area contributed by atoms with Gasteiger partial charge in [0.15, 0.2) is 5.82 Å². The first-order valence-electron chi connectivity index (χ1n) is 5.88. The lowest BCUT2D eigenvalue weighted by Crippen LogP contribution is -2.37. The molecule has 0 bridgehead atoms. The summed E-state index contributed by atoms with van der Waals surface area (Å²) in [4.78, 5) is 6.50. The van der Waals surface area contributed by atoms with Crippen molar-refractivity contribution >= 4 is 0 Å². The van der Waals surface area contributed by atoms with E-state index in [0.29, 0.717) is 19.0 Å². The first kappa shape index (κ1) is 11.5. The van der Waals surface area contributed by atoms with Crippen LogP contribution >= 0.6 is 0 Å². The highest BCUT2D eigenvalue weighted by atomic mass is 16.5. The molecule has 16 heavy (non-hydrogen) atoms. The lowest BCUT2D eigenvalue weighted by molar-refractivity contribution is 0.0651. The van der Waals surface area contributed by atoms with Crippen molar-refractivity contribution in [2.45, 2.75) is 45.3 Å². The van der Waals surface area contributed by atoms with Crippen molar-refractivity contribution in [3.63, 3.8) is 0 Å². The van der Waals surface area contributed by atoms with Gasteiger partial charge in [0.05, 0.1) is 12.6 Å². The quantitative estimate of drug-likeness (QED) is 0.836. The van der Waals surface area contributed by atoms with E-state index in [1.807, 2.05) is 13.8 Å². The van der Waals surface area contributed by atoms with Gasteiger partial charge in [-0.2, -0.15) is 4.98 Å². The molecule has 90 valence electrons. The first-order chi connectivity index (χ1) is 7.65. The molecule has 2 heterocycles. The molecule has 1 atom stereocenters. The monoisotopic (exact) mass is 225 g/mol. The Morgan fingerprint density at radius 1 is 1.56 bits per heavy atom. The summed E-state index contributed by atoms with van der Waals surface area (Å²) in [6, 6.07) is 0. The van der Waals surface area contributed by atoms with Crippen molar-refractivity contribution in [3.05, 3.63) is 11.7 Å². The predicted molar refractivity (Wildman–Crippen MR) is 58.9 cm³/mol. The Hall–Kier alpha value is -0.940. The SMILES string of the molecule is CC(C)c1nc(CN2CCCC(O)C2)no1. The number of hydrogen-bond donors (Lipinski definition) is 1. The summed E-state index contributed by atoms with van der Waals surface area (Å²) in [5.74, 6) is 1.68. The standard InChI is InChI=1S/C11H19N3O2/c1-8(2)11-12-10(13-16-11)7-14-5-3-4-9(15)6-14/h8-9,15H,3-7H2,1-2H3. The second kappa shape index (κ2) is 4.93. The summed E-state index contributed by atoms with van der Waals surface area (Å²) in [5.41, 5.74) is 0. The van der Waals surface area contributed by atoms with Gasteiger partial charge in [-0.1, -0.05) is 19.0 Å². The number of hydrogen-bond acceptors (Lipinski definition) is 5. The zero-order chi connectivity index (χ0) is 11.5. The van der Waals surface area contributed by atoms with Crippen LogP contribution in [0.5, 0.6) is 0 Å². The van der Waals surface area contributed by atoms with Crippen molar-refractivity contribution in [1.82, 2.24) is 15.0 Å². The van der Waals surface area contributed by atoms with Crippen molar-refractivity contribution in [1.29, 1.82) is 0 Å². The molecule has 5 heteroatoms. The normalized spacial score (nSPS) is 22.9. The maximum absolute atomic E-state index is 9.55. The van der Waals surface area contributed by atoms with E-state index in [4.69, 9.17) is 4.52 Å². The zero-order valence-corrected chi connectivity index (χ0v) is 9.89. The molecule has 1 fully saturated rings. The minimum atomic E-state index is -0.203. The van der Waals surface area contributed by atoms with Crippen LogP contribution in [0.3, 0.4) is 0 Å². The van der Waals surface area contributed by atoms with Crippen LogP contribution in [-0.4, -0.2) is 39.3 Å². The molecule has 0 radical (unpaired) electrons. The van der Waals surface area contributed by atoms with Crippen LogP contribution in [0.25, 0.3) is 0 Å². The number of nitrogens with zero attached hydrogens (tertiary/aromatic N) is 3. The second-order valence-corrected chi connectivity index (χ2v) is 4.73. The van der Waals surface area contributed by atoms with Gasteiger partial charge in [-0.05, 0) is 19.4 Å². The van der Waals surface area contributed by atoms with Gasteiger partial charge in [0.25, 0.3) is 0 Å². The van der Waals surface area contributed by atoms with Gasteiger partial charge in [-0.3, -0.25) is 4.90 Å². The van der Waals surface area contributed by atoms with Crippen LogP contribution < -0.4 is 0 Å². The van der Waals surface area contributed by atoms with E-state index in [1.165, 1.54) is 0 Å². The van der Waals surface area contributed by atoms with E-state index in [-0.39, 0.29) is 12.0 Å². The van der Waals surface area contributed by atoms with E-state index in [2.05, 4.69) is 15.0 Å². The molecule has 0 spiro atoms. The van der Waals surface area contributed by atoms with Gasteiger partial charge in [-0.15, -0.1) is 0 Å². The molecule has 0 amide bonds. The molecule has 1 aliphatic rings. The van der Waals surface area contributed by atoms with Crippen LogP contribution in [0.1, 0.15) is 44.3 Å². The van der Waals surface area contributed by atoms with Crippen molar-refractivity contribution < 1.29 is 9.63 Å². The lowest BCUT2D eigenvalue weighted by atomic mass is 10.1. The van der Waals surface area contributed by atoms with E-state index >= 15 is 0 Å². The summed E-state index contributed by atoms with van der Waals surface area (Å²) in [6.45, 7) is 6.45. The Morgan fingerprint density at radius 3 is 3.00 bits per heavy atom. The topological polar surface area (TPSA) is 62.4 Å². The van der Waals surface area contributed by atoms with Gasteiger partial charge in [-0.25, -0.2) is 0 Å². The number of piperidine rings is 1. The Morgan fingerprint density at radius 2 is 2.38 bits per heavy atom. The number of likely N-dealkylation sites (tertiary alicyclic amines) is 1. The molecule has 1 aliphatic heterocycles. The van der Waals surface area contributed by atoms with Crippen molar-refractivity contribution in [3.8, 4) is 0 Å². The fourth-order valence-corrected chi connectivity index (χ4v) is 1.94. The minimum Gasteiger partial charge on any atom is -0.392 e. The second-order valence-electron chi connectivity index (χ2n) is 4.73. The third-order valence-corrected chi connectivity index (χ3v) is 2.82. The number of aliphatic hydroxyl groups is 1. The predicted octanol–water partition coefficient (Wildman–Crippen LogP) is 1.15. The van der Waals surface area contributed by atoms with Crippen LogP contribution in [-0.2, 0) is 6.54 Å². The first-order valence-corrected chi connectivity index (χ1v) is 5.88. The molecule has 1 aromatic heterocycles. The summed E-state index contributed by atoms with van der Waals surface area (Å²) in [5, 5.41) is 13.5. The highest BCUT2D eigenvalue weighted by Gasteiger charge is 2.19. The Bertz CT molecular complexity index is 338. The molecule has 1 aromatic rings. The largest absolute Gasteiger partial charge is 0.392 e. The summed E-state index contributed by atoms with van der Waals surface area (Å²) >= 11 is 0.